The fourth-order valence-electron chi connectivity index (χ4n) is 2.46. The standard InChI is InChI=1S/C13H20FNO2/c1-16-11-4-2-3-5-12(11)17-13-8-9(14)6-7-10(13)15/h6-8,10-13H,2-5,15H2,1H3/t10?,11-,12?,13?/m0/s1. The molecule has 4 heteroatoms. The third kappa shape index (κ3) is 3.15. The highest BCUT2D eigenvalue weighted by Crippen LogP contribution is 2.26. The molecule has 96 valence electrons. The van der Waals surface area contributed by atoms with E-state index in [2.05, 4.69) is 0 Å². The summed E-state index contributed by atoms with van der Waals surface area (Å²) in [7, 11) is 1.70. The Bertz CT molecular complexity index is 317. The summed E-state index contributed by atoms with van der Waals surface area (Å²) in [6.07, 6.45) is 8.51. The molecule has 1 fully saturated rings. The molecular weight excluding hydrogens is 221 g/mol. The molecule has 0 bridgehead atoms. The van der Waals surface area contributed by atoms with Crippen molar-refractivity contribution in [3.8, 4) is 0 Å². The van der Waals surface area contributed by atoms with Gasteiger partial charge in [-0.15, -0.1) is 0 Å². The number of hydrogen-bond donors (Lipinski definition) is 1. The Balaban J connectivity index is 1.97. The first-order chi connectivity index (χ1) is 8.20. The average molecular weight is 241 g/mol. The Kier molecular flexibility index (Phi) is 4.31. The van der Waals surface area contributed by atoms with Crippen molar-refractivity contribution in [2.45, 2.75) is 50.0 Å². The molecule has 2 rings (SSSR count). The van der Waals surface area contributed by atoms with E-state index in [0.717, 1.165) is 19.3 Å². The molecular formula is C13H20FNO2. The maximum absolute atomic E-state index is 13.1. The molecule has 4 atom stereocenters. The molecule has 0 amide bonds. The van der Waals surface area contributed by atoms with Crippen LogP contribution in [0, 0.1) is 0 Å². The van der Waals surface area contributed by atoms with Crippen LogP contribution >= 0.6 is 0 Å². The molecule has 0 aromatic carbocycles. The summed E-state index contributed by atoms with van der Waals surface area (Å²) in [5, 5.41) is 0. The van der Waals surface area contributed by atoms with Crippen LogP contribution in [-0.4, -0.2) is 31.5 Å². The summed E-state index contributed by atoms with van der Waals surface area (Å²) in [6.45, 7) is 0. The molecule has 2 aliphatic rings. The van der Waals surface area contributed by atoms with Crippen molar-refractivity contribution in [3.05, 3.63) is 24.1 Å². The van der Waals surface area contributed by atoms with Gasteiger partial charge in [0.05, 0.1) is 24.4 Å². The maximum Gasteiger partial charge on any atom is 0.121 e. The third-order valence-corrected chi connectivity index (χ3v) is 3.46. The van der Waals surface area contributed by atoms with Crippen molar-refractivity contribution in [2.75, 3.05) is 7.11 Å². The number of hydrogen-bond acceptors (Lipinski definition) is 3. The van der Waals surface area contributed by atoms with Gasteiger partial charge in [0, 0.05) is 7.11 Å². The highest BCUT2D eigenvalue weighted by Gasteiger charge is 2.30. The molecule has 0 aliphatic heterocycles. The van der Waals surface area contributed by atoms with Crippen LogP contribution in [-0.2, 0) is 9.47 Å². The van der Waals surface area contributed by atoms with Crippen LogP contribution in [0.15, 0.2) is 24.1 Å². The van der Waals surface area contributed by atoms with Crippen LogP contribution in [0.5, 0.6) is 0 Å². The van der Waals surface area contributed by atoms with Crippen LogP contribution in [0.2, 0.25) is 0 Å². The monoisotopic (exact) mass is 241 g/mol. The van der Waals surface area contributed by atoms with Crippen LogP contribution < -0.4 is 5.73 Å². The summed E-state index contributed by atoms with van der Waals surface area (Å²) in [5.74, 6) is -0.276. The van der Waals surface area contributed by atoms with Crippen LogP contribution in [0.25, 0.3) is 0 Å². The van der Waals surface area contributed by atoms with E-state index in [-0.39, 0.29) is 30.2 Å². The summed E-state index contributed by atoms with van der Waals surface area (Å²) in [4.78, 5) is 0. The van der Waals surface area contributed by atoms with E-state index in [4.69, 9.17) is 15.2 Å². The quantitative estimate of drug-likeness (QED) is 0.822. The Morgan fingerprint density at radius 2 is 2.00 bits per heavy atom. The van der Waals surface area contributed by atoms with Gasteiger partial charge in [-0.3, -0.25) is 0 Å². The molecule has 3 unspecified atom stereocenters. The second kappa shape index (κ2) is 5.76. The Morgan fingerprint density at radius 1 is 1.29 bits per heavy atom. The third-order valence-electron chi connectivity index (χ3n) is 3.46. The predicted octanol–water partition coefficient (Wildman–Crippen LogP) is 2.08. The van der Waals surface area contributed by atoms with Gasteiger partial charge in [-0.25, -0.2) is 4.39 Å². The SMILES string of the molecule is CO[C@H]1CCCCC1OC1C=C(F)C=CC1N. The van der Waals surface area contributed by atoms with Crippen LogP contribution in [0.3, 0.4) is 0 Å². The molecule has 2 N–H and O–H groups in total. The summed E-state index contributed by atoms with van der Waals surface area (Å²) >= 11 is 0. The minimum Gasteiger partial charge on any atom is -0.379 e. The largest absolute Gasteiger partial charge is 0.379 e. The molecule has 2 aliphatic carbocycles. The minimum atomic E-state index is -0.374. The lowest BCUT2D eigenvalue weighted by atomic mass is 9.94. The molecule has 0 saturated heterocycles. The first-order valence-electron chi connectivity index (χ1n) is 6.20. The molecule has 17 heavy (non-hydrogen) atoms. The fourth-order valence-corrected chi connectivity index (χ4v) is 2.46. The van der Waals surface area contributed by atoms with Gasteiger partial charge >= 0.3 is 0 Å². The van der Waals surface area contributed by atoms with Crippen LogP contribution in [0.4, 0.5) is 4.39 Å². The van der Waals surface area contributed by atoms with Gasteiger partial charge in [0.2, 0.25) is 0 Å². The second-order valence-electron chi connectivity index (χ2n) is 4.69. The number of nitrogens with two attached hydrogens (primary N) is 1. The minimum absolute atomic E-state index is 0.0281. The Labute approximate surface area is 101 Å². The zero-order valence-corrected chi connectivity index (χ0v) is 10.1. The van der Waals surface area contributed by atoms with Crippen LogP contribution in [0.1, 0.15) is 25.7 Å². The van der Waals surface area contributed by atoms with E-state index in [1.165, 1.54) is 18.6 Å². The summed E-state index contributed by atoms with van der Waals surface area (Å²) in [6, 6.07) is -0.270. The normalized spacial score (nSPS) is 37.9. The molecule has 1 saturated carbocycles. The van der Waals surface area contributed by atoms with E-state index in [9.17, 15) is 4.39 Å². The van der Waals surface area contributed by atoms with Crippen molar-refractivity contribution < 1.29 is 13.9 Å². The van der Waals surface area contributed by atoms with Gasteiger partial charge in [0.25, 0.3) is 0 Å². The lowest BCUT2D eigenvalue weighted by molar-refractivity contribution is -0.0974. The predicted molar refractivity (Wildman–Crippen MR) is 64.2 cm³/mol. The van der Waals surface area contributed by atoms with Gasteiger partial charge in [-0.2, -0.15) is 0 Å². The first kappa shape index (κ1) is 12.7. The summed E-state index contributed by atoms with van der Waals surface area (Å²) < 4.78 is 24.5. The number of allylic oxidation sites excluding steroid dienone is 2. The molecule has 0 spiro atoms. The van der Waals surface area contributed by atoms with Gasteiger partial charge in [-0.1, -0.05) is 18.9 Å². The van der Waals surface area contributed by atoms with E-state index in [0.29, 0.717) is 0 Å². The van der Waals surface area contributed by atoms with Gasteiger partial charge in [0.1, 0.15) is 5.83 Å². The smallest absolute Gasteiger partial charge is 0.121 e. The molecule has 3 nitrogen and oxygen atoms in total. The lowest BCUT2D eigenvalue weighted by Gasteiger charge is -2.34. The van der Waals surface area contributed by atoms with E-state index in [1.54, 1.807) is 13.2 Å². The van der Waals surface area contributed by atoms with Gasteiger partial charge in [-0.05, 0) is 25.0 Å². The highest BCUT2D eigenvalue weighted by molar-refractivity contribution is 5.23. The average Bonchev–Trinajstić information content (AvgIpc) is 2.34. The molecule has 0 heterocycles. The van der Waals surface area contributed by atoms with Crippen molar-refractivity contribution in [2.24, 2.45) is 5.73 Å². The zero-order chi connectivity index (χ0) is 12.3. The fraction of sp³-hybridized carbons (Fsp3) is 0.692. The topological polar surface area (TPSA) is 44.5 Å². The Morgan fingerprint density at radius 3 is 2.71 bits per heavy atom. The number of ether oxygens (including phenoxy) is 2. The maximum atomic E-state index is 13.1. The number of methoxy groups -OCH3 is 1. The van der Waals surface area contributed by atoms with Crippen molar-refractivity contribution >= 4 is 0 Å². The molecule has 0 radical (unpaired) electrons. The van der Waals surface area contributed by atoms with Gasteiger partial charge in [0.15, 0.2) is 0 Å². The highest BCUT2D eigenvalue weighted by atomic mass is 19.1. The molecule has 0 aromatic rings. The molecule has 0 aromatic heterocycles. The number of rotatable bonds is 3. The van der Waals surface area contributed by atoms with Crippen molar-refractivity contribution in [3.63, 3.8) is 0 Å². The lowest BCUT2D eigenvalue weighted by Crippen LogP contribution is -2.43. The Hall–Kier alpha value is -0.710. The van der Waals surface area contributed by atoms with E-state index < -0.39 is 0 Å². The summed E-state index contributed by atoms with van der Waals surface area (Å²) in [5.41, 5.74) is 5.88. The van der Waals surface area contributed by atoms with Gasteiger partial charge < -0.3 is 15.2 Å². The first-order valence-corrected chi connectivity index (χ1v) is 6.20. The van der Waals surface area contributed by atoms with Crippen molar-refractivity contribution in [1.29, 1.82) is 0 Å². The van der Waals surface area contributed by atoms with E-state index in [1.807, 2.05) is 0 Å². The second-order valence-corrected chi connectivity index (χ2v) is 4.69. The van der Waals surface area contributed by atoms with Crippen molar-refractivity contribution in [1.82, 2.24) is 0 Å². The zero-order valence-electron chi connectivity index (χ0n) is 10.1. The van der Waals surface area contributed by atoms with E-state index >= 15 is 0 Å². The number of halogens is 1.